The molecule has 1 aliphatic heterocycles. The van der Waals surface area contributed by atoms with E-state index in [0.29, 0.717) is 12.5 Å². The van der Waals surface area contributed by atoms with E-state index in [2.05, 4.69) is 17.6 Å². The van der Waals surface area contributed by atoms with Gasteiger partial charge in [0, 0.05) is 32.2 Å². The van der Waals surface area contributed by atoms with Crippen molar-refractivity contribution >= 4 is 5.91 Å². The Kier molecular flexibility index (Phi) is 5.01. The third-order valence-corrected chi connectivity index (χ3v) is 4.11. The van der Waals surface area contributed by atoms with Crippen LogP contribution in [0.4, 0.5) is 0 Å². The molecule has 1 spiro atoms. The van der Waals surface area contributed by atoms with Crippen molar-refractivity contribution in [1.82, 2.24) is 10.6 Å². The molecule has 0 bridgehead atoms. The van der Waals surface area contributed by atoms with Crippen LogP contribution in [-0.4, -0.2) is 37.2 Å². The number of nitrogens with one attached hydrogen (secondary N) is 2. The average molecular weight is 254 g/mol. The molecule has 2 fully saturated rings. The van der Waals surface area contributed by atoms with Gasteiger partial charge in [0.05, 0.1) is 5.60 Å². The Bertz CT molecular complexity index is 277. The van der Waals surface area contributed by atoms with Gasteiger partial charge in [-0.1, -0.05) is 6.92 Å². The summed E-state index contributed by atoms with van der Waals surface area (Å²) in [7, 11) is 0. The van der Waals surface area contributed by atoms with Crippen molar-refractivity contribution in [1.29, 1.82) is 0 Å². The predicted molar refractivity (Wildman–Crippen MR) is 71.5 cm³/mol. The Morgan fingerprint density at radius 1 is 1.39 bits per heavy atom. The summed E-state index contributed by atoms with van der Waals surface area (Å²) in [5, 5.41) is 6.42. The third-order valence-electron chi connectivity index (χ3n) is 4.11. The number of carbonyl (C=O) groups excluding carboxylic acids is 1. The van der Waals surface area contributed by atoms with Crippen molar-refractivity contribution in [2.45, 2.75) is 63.5 Å². The van der Waals surface area contributed by atoms with Crippen LogP contribution in [0.1, 0.15) is 51.9 Å². The molecule has 0 aromatic rings. The molecule has 0 aromatic heterocycles. The van der Waals surface area contributed by atoms with Crippen LogP contribution >= 0.6 is 0 Å². The van der Waals surface area contributed by atoms with Crippen LogP contribution in [0.15, 0.2) is 0 Å². The molecule has 1 aliphatic carbocycles. The minimum Gasteiger partial charge on any atom is -0.375 e. The summed E-state index contributed by atoms with van der Waals surface area (Å²) in [6, 6.07) is 0.540. The number of amides is 1. The second kappa shape index (κ2) is 6.53. The first-order valence-corrected chi connectivity index (χ1v) is 7.38. The van der Waals surface area contributed by atoms with Gasteiger partial charge in [-0.2, -0.15) is 0 Å². The summed E-state index contributed by atoms with van der Waals surface area (Å²) in [6.07, 6.45) is 7.56. The normalized spacial score (nSPS) is 25.7. The Morgan fingerprint density at radius 3 is 2.89 bits per heavy atom. The van der Waals surface area contributed by atoms with Gasteiger partial charge in [-0.15, -0.1) is 0 Å². The number of carbonyl (C=O) groups is 1. The van der Waals surface area contributed by atoms with E-state index in [-0.39, 0.29) is 11.5 Å². The second-order valence-electron chi connectivity index (χ2n) is 5.63. The molecule has 4 nitrogen and oxygen atoms in total. The Labute approximate surface area is 110 Å². The van der Waals surface area contributed by atoms with Crippen LogP contribution < -0.4 is 10.6 Å². The topological polar surface area (TPSA) is 50.4 Å². The highest BCUT2D eigenvalue weighted by molar-refractivity contribution is 5.75. The highest BCUT2D eigenvalue weighted by Gasteiger charge is 2.42. The van der Waals surface area contributed by atoms with Gasteiger partial charge in [0.25, 0.3) is 0 Å². The molecular formula is C14H26N2O2. The summed E-state index contributed by atoms with van der Waals surface area (Å²) < 4.78 is 5.89. The molecule has 18 heavy (non-hydrogen) atoms. The Balaban J connectivity index is 1.60. The standard InChI is InChI=1S/C14H26N2O2/c1-2-8-16-13(17)4-9-15-12-5-10-18-14(11-12)6-3-7-14/h12,15H,2-11H2,1H3,(H,16,17). The largest absolute Gasteiger partial charge is 0.375 e. The zero-order chi connectivity index (χ0) is 12.8. The Hall–Kier alpha value is -0.610. The first kappa shape index (κ1) is 13.8. The van der Waals surface area contributed by atoms with Gasteiger partial charge < -0.3 is 15.4 Å². The first-order chi connectivity index (χ1) is 8.74. The number of rotatable bonds is 6. The van der Waals surface area contributed by atoms with Gasteiger partial charge in [-0.25, -0.2) is 0 Å². The van der Waals surface area contributed by atoms with E-state index in [1.165, 1.54) is 19.3 Å². The molecule has 2 rings (SSSR count). The average Bonchev–Trinajstić information content (AvgIpc) is 2.35. The summed E-state index contributed by atoms with van der Waals surface area (Å²) in [5.41, 5.74) is 0.195. The lowest BCUT2D eigenvalue weighted by atomic mass is 9.74. The van der Waals surface area contributed by atoms with Crippen LogP contribution in [0, 0.1) is 0 Å². The van der Waals surface area contributed by atoms with Crippen molar-refractivity contribution in [2.24, 2.45) is 0 Å². The maximum atomic E-state index is 11.5. The van der Waals surface area contributed by atoms with E-state index in [4.69, 9.17) is 4.74 Å². The first-order valence-electron chi connectivity index (χ1n) is 7.38. The minimum absolute atomic E-state index is 0.162. The monoisotopic (exact) mass is 254 g/mol. The van der Waals surface area contributed by atoms with Crippen molar-refractivity contribution in [2.75, 3.05) is 19.7 Å². The van der Waals surface area contributed by atoms with Gasteiger partial charge in [0.1, 0.15) is 0 Å². The highest BCUT2D eigenvalue weighted by atomic mass is 16.5. The van der Waals surface area contributed by atoms with E-state index in [9.17, 15) is 4.79 Å². The fourth-order valence-corrected chi connectivity index (χ4v) is 2.86. The lowest BCUT2D eigenvalue weighted by molar-refractivity contribution is -0.135. The molecular weight excluding hydrogens is 228 g/mol. The molecule has 0 radical (unpaired) electrons. The SMILES string of the molecule is CCCNC(=O)CCNC1CCOC2(CCC2)C1. The molecule has 1 saturated heterocycles. The van der Waals surface area contributed by atoms with Crippen molar-refractivity contribution in [3.05, 3.63) is 0 Å². The van der Waals surface area contributed by atoms with E-state index >= 15 is 0 Å². The highest BCUT2D eigenvalue weighted by Crippen LogP contribution is 2.42. The van der Waals surface area contributed by atoms with Gasteiger partial charge in [-0.3, -0.25) is 4.79 Å². The molecule has 1 atom stereocenters. The van der Waals surface area contributed by atoms with Crippen molar-refractivity contribution in [3.63, 3.8) is 0 Å². The maximum absolute atomic E-state index is 11.5. The molecule has 2 aliphatic rings. The van der Waals surface area contributed by atoms with Crippen molar-refractivity contribution in [3.8, 4) is 0 Å². The smallest absolute Gasteiger partial charge is 0.221 e. The fourth-order valence-electron chi connectivity index (χ4n) is 2.86. The van der Waals surface area contributed by atoms with Crippen LogP contribution in [0.2, 0.25) is 0 Å². The summed E-state index contributed by atoms with van der Waals surface area (Å²) >= 11 is 0. The maximum Gasteiger partial charge on any atom is 0.221 e. The lowest BCUT2D eigenvalue weighted by Gasteiger charge is -2.47. The quantitative estimate of drug-likeness (QED) is 0.757. The number of hydrogen-bond acceptors (Lipinski definition) is 3. The second-order valence-corrected chi connectivity index (χ2v) is 5.63. The zero-order valence-corrected chi connectivity index (χ0v) is 11.5. The van der Waals surface area contributed by atoms with Gasteiger partial charge in [-0.05, 0) is 38.5 Å². The van der Waals surface area contributed by atoms with Gasteiger partial charge >= 0.3 is 0 Å². The number of ether oxygens (including phenoxy) is 1. The van der Waals surface area contributed by atoms with Crippen LogP contribution in [0.5, 0.6) is 0 Å². The number of hydrogen-bond donors (Lipinski definition) is 2. The predicted octanol–water partition coefficient (Wildman–Crippen LogP) is 1.59. The van der Waals surface area contributed by atoms with Gasteiger partial charge in [0.15, 0.2) is 0 Å². The van der Waals surface area contributed by atoms with Crippen molar-refractivity contribution < 1.29 is 9.53 Å². The zero-order valence-electron chi connectivity index (χ0n) is 11.5. The van der Waals surface area contributed by atoms with Crippen LogP contribution in [0.3, 0.4) is 0 Å². The lowest BCUT2D eigenvalue weighted by Crippen LogP contribution is -2.51. The van der Waals surface area contributed by atoms with Crippen LogP contribution in [-0.2, 0) is 9.53 Å². The molecule has 104 valence electrons. The van der Waals surface area contributed by atoms with E-state index < -0.39 is 0 Å². The molecule has 2 N–H and O–H groups in total. The molecule has 1 amide bonds. The van der Waals surface area contributed by atoms with Gasteiger partial charge in [0.2, 0.25) is 5.91 Å². The minimum atomic E-state index is 0.162. The summed E-state index contributed by atoms with van der Waals surface area (Å²) in [5.74, 6) is 0.162. The summed E-state index contributed by atoms with van der Waals surface area (Å²) in [4.78, 5) is 11.5. The molecule has 4 heteroatoms. The fraction of sp³-hybridized carbons (Fsp3) is 0.929. The molecule has 0 aromatic carbocycles. The Morgan fingerprint density at radius 2 is 2.22 bits per heavy atom. The van der Waals surface area contributed by atoms with E-state index in [1.807, 2.05) is 0 Å². The summed E-state index contributed by atoms with van der Waals surface area (Å²) in [6.45, 7) is 4.52. The third kappa shape index (κ3) is 3.69. The molecule has 1 saturated carbocycles. The van der Waals surface area contributed by atoms with E-state index in [1.54, 1.807) is 0 Å². The molecule has 1 unspecified atom stereocenters. The molecule has 1 heterocycles. The van der Waals surface area contributed by atoms with E-state index in [0.717, 1.165) is 39.0 Å². The van der Waals surface area contributed by atoms with Crippen LogP contribution in [0.25, 0.3) is 0 Å².